The fraction of sp³-hybridized carbons (Fsp3) is 0.444. The minimum Gasteiger partial charge on any atom is -0.395 e. The van der Waals surface area contributed by atoms with Crippen molar-refractivity contribution in [2.75, 3.05) is 98.4 Å². The molecule has 2 unspecified atom stereocenters. The van der Waals surface area contributed by atoms with E-state index in [0.29, 0.717) is 0 Å². The zero-order valence-electron chi connectivity index (χ0n) is 53.5. The van der Waals surface area contributed by atoms with Gasteiger partial charge in [0.05, 0.1) is 26.4 Å². The summed E-state index contributed by atoms with van der Waals surface area (Å²) in [5.41, 5.74) is 4.10. The van der Waals surface area contributed by atoms with Gasteiger partial charge in [0.15, 0.2) is 0 Å². The maximum Gasteiger partial charge on any atom is 0.225 e. The average Bonchev–Trinajstić information content (AvgIpc) is 0.965. The molecule has 8 heterocycles. The summed E-state index contributed by atoms with van der Waals surface area (Å²) >= 11 is 0. The average molecular weight is 1260 g/mol. The van der Waals surface area contributed by atoms with E-state index in [-0.39, 0.29) is 49.7 Å². The third kappa shape index (κ3) is 16.6. The zero-order chi connectivity index (χ0) is 65.1. The number of benzene rings is 4. The summed E-state index contributed by atoms with van der Waals surface area (Å²) in [5, 5.41) is 39.7. The van der Waals surface area contributed by atoms with Crippen LogP contribution in [0, 0.1) is 23.3 Å². The van der Waals surface area contributed by atoms with Crippen molar-refractivity contribution in [2.45, 2.75) is 126 Å². The molecule has 4 fully saturated rings. The van der Waals surface area contributed by atoms with Gasteiger partial charge in [0.2, 0.25) is 23.8 Å². The van der Waals surface area contributed by atoms with E-state index in [9.17, 15) is 38.0 Å². The third-order valence-corrected chi connectivity index (χ3v) is 18.8. The summed E-state index contributed by atoms with van der Waals surface area (Å²) < 4.78 is 52.6. The highest BCUT2D eigenvalue weighted by Crippen LogP contribution is 2.36. The van der Waals surface area contributed by atoms with Crippen LogP contribution >= 0.6 is 0 Å². The second kappa shape index (κ2) is 32.0. The van der Waals surface area contributed by atoms with Crippen molar-refractivity contribution >= 4 is 23.8 Å². The van der Waals surface area contributed by atoms with E-state index >= 15 is 0 Å². The Kier molecular flexibility index (Phi) is 23.8. The predicted octanol–water partition coefficient (Wildman–Crippen LogP) is 11.6. The first-order valence-electron chi connectivity index (χ1n) is 32.3. The van der Waals surface area contributed by atoms with Crippen LogP contribution in [0.25, 0.3) is 0 Å². The lowest BCUT2D eigenvalue weighted by molar-refractivity contribution is 0.230. The molecular weight excluding hydrogens is 1170 g/mol. The number of aliphatic hydroxyl groups is 4. The number of aromatic nitrogens is 8. The maximum atomic E-state index is 13.1. The van der Waals surface area contributed by atoms with Crippen LogP contribution in [0.15, 0.2) is 147 Å². The fourth-order valence-electron chi connectivity index (χ4n) is 12.1. The number of aliphatic hydroxyl groups excluding tert-OH is 4. The number of hydrogen-bond acceptors (Lipinski definition) is 16. The summed E-state index contributed by atoms with van der Waals surface area (Å²) in [5.74, 6) is 1.83. The van der Waals surface area contributed by atoms with Crippen LogP contribution in [-0.4, -0.2) is 139 Å². The van der Waals surface area contributed by atoms with Crippen molar-refractivity contribution in [1.82, 2.24) is 39.9 Å². The van der Waals surface area contributed by atoms with E-state index in [0.717, 1.165) is 121 Å². The Morgan fingerprint density at radius 1 is 0.261 bits per heavy atom. The van der Waals surface area contributed by atoms with Crippen molar-refractivity contribution in [3.8, 4) is 0 Å². The largest absolute Gasteiger partial charge is 0.395 e. The molecule has 4 aliphatic heterocycles. The summed E-state index contributed by atoms with van der Waals surface area (Å²) in [6.07, 6.45) is 28.7. The van der Waals surface area contributed by atoms with Gasteiger partial charge in [0.25, 0.3) is 0 Å². The molecule has 20 heteroatoms. The highest BCUT2D eigenvalue weighted by Gasteiger charge is 2.34. The van der Waals surface area contributed by atoms with E-state index in [1.165, 1.54) is 126 Å². The quantitative estimate of drug-likeness (QED) is 0.0666. The lowest BCUT2D eigenvalue weighted by Gasteiger charge is -2.30. The SMILES string of the molecule is CC(CO)(c1ccc(F)cc1)c1cnc(N2CCCCC2)nc1.CC(CO)(c1ccc(F)cc1)c1cnc(N2CCCCC2)nc1.C[C@@](CO)(c1ccc(F)cc1)c1cnc(N2CCCCC2)nc1.C[C@](CO)(c1ccc(F)cc1)c1cnc(N2CCCCC2)nc1. The molecule has 4 N–H and O–H groups in total. The number of piperidine rings is 4. The summed E-state index contributed by atoms with van der Waals surface area (Å²) in [7, 11) is 0. The van der Waals surface area contributed by atoms with Crippen molar-refractivity contribution in [3.63, 3.8) is 0 Å². The van der Waals surface area contributed by atoms with Gasteiger partial charge in [-0.05, 0) is 176 Å². The van der Waals surface area contributed by atoms with Crippen LogP contribution in [0.5, 0.6) is 0 Å². The fourth-order valence-corrected chi connectivity index (χ4v) is 12.1. The Morgan fingerprint density at radius 2 is 0.413 bits per heavy atom. The molecular formula is C72H88F4N12O4. The molecule has 16 nitrogen and oxygen atoms in total. The Labute approximate surface area is 538 Å². The molecule has 4 aliphatic rings. The van der Waals surface area contributed by atoms with E-state index in [1.54, 1.807) is 98.1 Å². The topological polar surface area (TPSA) is 197 Å². The Hall–Kier alpha value is -8.04. The molecule has 0 spiro atoms. The van der Waals surface area contributed by atoms with Crippen molar-refractivity contribution in [2.24, 2.45) is 0 Å². The number of rotatable bonds is 16. The number of anilines is 4. The molecule has 0 bridgehead atoms. The first kappa shape index (κ1) is 68.3. The molecule has 4 atom stereocenters. The van der Waals surface area contributed by atoms with Crippen molar-refractivity contribution in [3.05, 3.63) is 214 Å². The van der Waals surface area contributed by atoms with Gasteiger partial charge in [-0.25, -0.2) is 57.4 Å². The third-order valence-electron chi connectivity index (χ3n) is 18.8. The van der Waals surface area contributed by atoms with Gasteiger partial charge in [-0.3, -0.25) is 0 Å². The van der Waals surface area contributed by atoms with Crippen LogP contribution in [0.4, 0.5) is 41.4 Å². The first-order valence-corrected chi connectivity index (χ1v) is 32.3. The zero-order valence-corrected chi connectivity index (χ0v) is 53.5. The highest BCUT2D eigenvalue weighted by molar-refractivity contribution is 5.44. The summed E-state index contributed by atoms with van der Waals surface area (Å²) in [6.45, 7) is 15.3. The maximum absolute atomic E-state index is 13.1. The molecule has 12 rings (SSSR count). The Balaban J connectivity index is 0.000000145. The number of hydrogen-bond donors (Lipinski definition) is 4. The molecule has 4 aromatic heterocycles. The van der Waals surface area contributed by atoms with E-state index in [2.05, 4.69) is 59.5 Å². The van der Waals surface area contributed by atoms with Crippen LogP contribution in [0.1, 0.15) is 149 Å². The lowest BCUT2D eigenvalue weighted by atomic mass is 9.78. The van der Waals surface area contributed by atoms with Gasteiger partial charge in [0, 0.05) is 146 Å². The molecule has 0 aliphatic carbocycles. The Morgan fingerprint density at radius 3 is 0.554 bits per heavy atom. The smallest absolute Gasteiger partial charge is 0.225 e. The van der Waals surface area contributed by atoms with Gasteiger partial charge >= 0.3 is 0 Å². The van der Waals surface area contributed by atoms with Crippen LogP contribution in [0.3, 0.4) is 0 Å². The van der Waals surface area contributed by atoms with Gasteiger partial charge < -0.3 is 40.0 Å². The second-order valence-corrected chi connectivity index (χ2v) is 25.3. The highest BCUT2D eigenvalue weighted by atomic mass is 19.1. The van der Waals surface area contributed by atoms with Gasteiger partial charge in [-0.1, -0.05) is 48.5 Å². The first-order chi connectivity index (χ1) is 44.5. The monoisotopic (exact) mass is 1260 g/mol. The summed E-state index contributed by atoms with van der Waals surface area (Å²) in [6, 6.07) is 24.9. The molecule has 0 radical (unpaired) electrons. The molecule has 4 saturated heterocycles. The minimum atomic E-state index is -0.645. The predicted molar refractivity (Wildman–Crippen MR) is 352 cm³/mol. The van der Waals surface area contributed by atoms with Crippen LogP contribution in [-0.2, 0) is 21.7 Å². The van der Waals surface area contributed by atoms with Crippen molar-refractivity contribution < 1.29 is 38.0 Å². The van der Waals surface area contributed by atoms with Crippen molar-refractivity contribution in [1.29, 1.82) is 0 Å². The molecule has 8 aromatic rings. The number of nitrogens with zero attached hydrogens (tertiary/aromatic N) is 12. The lowest BCUT2D eigenvalue weighted by Crippen LogP contribution is -2.32. The molecule has 92 heavy (non-hydrogen) atoms. The molecule has 4 aromatic carbocycles. The standard InChI is InChI=1S/4C18H22FN3O/c4*1-18(13-23,14-5-7-16(19)8-6-14)15-11-20-17(21-12-15)22-9-3-2-4-10-22/h4*5-8,11-12,23H,2-4,9-10,13H2,1H3/t2*18-;;/m10../s1. The van der Waals surface area contributed by atoms with E-state index < -0.39 is 21.7 Å². The van der Waals surface area contributed by atoms with Crippen LogP contribution in [0.2, 0.25) is 0 Å². The van der Waals surface area contributed by atoms with Gasteiger partial charge in [-0.2, -0.15) is 0 Å². The van der Waals surface area contributed by atoms with Gasteiger partial charge in [0.1, 0.15) is 23.3 Å². The molecule has 0 amide bonds. The second-order valence-electron chi connectivity index (χ2n) is 25.3. The van der Waals surface area contributed by atoms with E-state index in [1.807, 2.05) is 27.7 Å². The van der Waals surface area contributed by atoms with Crippen LogP contribution < -0.4 is 19.6 Å². The number of halogens is 4. The van der Waals surface area contributed by atoms with E-state index in [4.69, 9.17) is 0 Å². The summed E-state index contributed by atoms with van der Waals surface area (Å²) in [4.78, 5) is 44.7. The normalized spacial score (nSPS) is 17.8. The molecule has 488 valence electrons. The molecule has 0 saturated carbocycles. The Bertz CT molecular complexity index is 3020. The minimum absolute atomic E-state index is 0.0922. The van der Waals surface area contributed by atoms with Gasteiger partial charge in [-0.15, -0.1) is 0 Å².